The summed E-state index contributed by atoms with van der Waals surface area (Å²) in [6.07, 6.45) is 3.35. The fourth-order valence-electron chi connectivity index (χ4n) is 3.28. The molecule has 1 N–H and O–H groups in total. The van der Waals surface area contributed by atoms with Crippen LogP contribution in [0, 0.1) is 6.92 Å². The monoisotopic (exact) mass is 367 g/mol. The maximum atomic E-state index is 12.8. The number of piperidine rings is 1. The van der Waals surface area contributed by atoms with E-state index in [4.69, 9.17) is 0 Å². The molecule has 1 aliphatic rings. The van der Waals surface area contributed by atoms with Crippen LogP contribution >= 0.6 is 0 Å². The zero-order valence-electron chi connectivity index (χ0n) is 15.5. The number of carbonyl (C=O) groups is 1. The molecule has 0 aromatic heterocycles. The largest absolute Gasteiger partial charge is 0.351 e. The van der Waals surface area contributed by atoms with Gasteiger partial charge in [0.1, 0.15) is 6.04 Å². The summed E-state index contributed by atoms with van der Waals surface area (Å²) in [7, 11) is -1.51. The summed E-state index contributed by atoms with van der Waals surface area (Å²) in [5, 5.41) is 3.06. The number of hydrogen-bond donors (Lipinski definition) is 1. The number of aryl methyl sites for hydroxylation is 1. The van der Waals surface area contributed by atoms with E-state index in [0.717, 1.165) is 37.8 Å². The van der Waals surface area contributed by atoms with Crippen molar-refractivity contribution < 1.29 is 13.2 Å². The van der Waals surface area contributed by atoms with E-state index in [1.54, 1.807) is 12.1 Å². The van der Waals surface area contributed by atoms with Crippen LogP contribution in [0.3, 0.4) is 0 Å². The number of nitrogens with zero attached hydrogens (tertiary/aromatic N) is 2. The first-order valence-corrected chi connectivity index (χ1v) is 10.6. The third kappa shape index (κ3) is 5.19. The van der Waals surface area contributed by atoms with Gasteiger partial charge in [0.05, 0.1) is 11.9 Å². The number of hydrogen-bond acceptors (Lipinski definition) is 4. The molecule has 1 saturated heterocycles. The third-order valence-electron chi connectivity index (χ3n) is 4.65. The second-order valence-corrected chi connectivity index (χ2v) is 8.77. The number of amides is 1. The van der Waals surface area contributed by atoms with Gasteiger partial charge in [0.15, 0.2) is 0 Å². The van der Waals surface area contributed by atoms with Crippen molar-refractivity contribution in [2.24, 2.45) is 0 Å². The first-order valence-electron chi connectivity index (χ1n) is 8.77. The lowest BCUT2D eigenvalue weighted by Crippen LogP contribution is -2.53. The van der Waals surface area contributed by atoms with Crippen LogP contribution in [0.1, 0.15) is 31.7 Å². The van der Waals surface area contributed by atoms with Gasteiger partial charge in [-0.1, -0.05) is 19.1 Å². The molecule has 1 fully saturated rings. The van der Waals surface area contributed by atoms with Crippen LogP contribution in [0.25, 0.3) is 0 Å². The number of nitrogens with one attached hydrogen (secondary N) is 1. The highest BCUT2D eigenvalue weighted by Crippen LogP contribution is 2.24. The summed E-state index contributed by atoms with van der Waals surface area (Å²) in [6, 6.07) is 6.62. The molecule has 0 saturated carbocycles. The number of likely N-dealkylation sites (tertiary alicyclic amines) is 1. The van der Waals surface area contributed by atoms with E-state index in [-0.39, 0.29) is 11.9 Å². The molecule has 0 unspecified atom stereocenters. The van der Waals surface area contributed by atoms with Gasteiger partial charge in [-0.25, -0.2) is 8.42 Å². The minimum absolute atomic E-state index is 0.108. The highest BCUT2D eigenvalue weighted by Gasteiger charge is 2.32. The van der Waals surface area contributed by atoms with Gasteiger partial charge in [0, 0.05) is 6.04 Å². The Labute approximate surface area is 151 Å². The van der Waals surface area contributed by atoms with Crippen molar-refractivity contribution in [3.63, 3.8) is 0 Å². The van der Waals surface area contributed by atoms with Crippen molar-refractivity contribution in [1.29, 1.82) is 0 Å². The molecule has 1 aromatic rings. The molecule has 7 heteroatoms. The standard InChI is InChI=1S/C18H29N3O3S/c1-5-17(18(22)19-15-9-11-20(3)12-10-15)21(25(4,23)24)16-8-6-7-14(2)13-16/h6-8,13,15,17H,5,9-12H2,1-4H3,(H,19,22)/t17-/m1/s1. The normalized spacial score (nSPS) is 17.9. The van der Waals surface area contributed by atoms with Crippen LogP contribution in [-0.4, -0.2) is 57.7 Å². The van der Waals surface area contributed by atoms with Crippen LogP contribution in [0.15, 0.2) is 24.3 Å². The van der Waals surface area contributed by atoms with Crippen LogP contribution in [0.5, 0.6) is 0 Å². The molecule has 1 atom stereocenters. The van der Waals surface area contributed by atoms with Crippen molar-refractivity contribution in [2.75, 3.05) is 30.7 Å². The Hall–Kier alpha value is -1.60. The average Bonchev–Trinajstić information content (AvgIpc) is 2.53. The Morgan fingerprint density at radius 2 is 2.00 bits per heavy atom. The molecule has 1 heterocycles. The molecule has 1 aromatic carbocycles. The van der Waals surface area contributed by atoms with Crippen molar-refractivity contribution >= 4 is 21.6 Å². The quantitative estimate of drug-likeness (QED) is 0.832. The van der Waals surface area contributed by atoms with Crippen LogP contribution < -0.4 is 9.62 Å². The second-order valence-electron chi connectivity index (χ2n) is 6.91. The summed E-state index contributed by atoms with van der Waals surface area (Å²) >= 11 is 0. The number of benzene rings is 1. The Morgan fingerprint density at radius 3 is 2.52 bits per heavy atom. The fraction of sp³-hybridized carbons (Fsp3) is 0.611. The van der Waals surface area contributed by atoms with Gasteiger partial charge < -0.3 is 10.2 Å². The van der Waals surface area contributed by atoms with E-state index in [1.165, 1.54) is 4.31 Å². The van der Waals surface area contributed by atoms with Gasteiger partial charge in [-0.2, -0.15) is 0 Å². The Bertz CT molecular complexity index is 697. The molecule has 0 spiro atoms. The number of carbonyl (C=O) groups excluding carboxylic acids is 1. The van der Waals surface area contributed by atoms with E-state index in [1.807, 2.05) is 26.0 Å². The summed E-state index contributed by atoms with van der Waals surface area (Å²) in [6.45, 7) is 5.63. The minimum Gasteiger partial charge on any atom is -0.351 e. The lowest BCUT2D eigenvalue weighted by Gasteiger charge is -2.34. The van der Waals surface area contributed by atoms with Crippen LogP contribution in [-0.2, 0) is 14.8 Å². The van der Waals surface area contributed by atoms with E-state index < -0.39 is 16.1 Å². The lowest BCUT2D eigenvalue weighted by atomic mass is 10.0. The maximum absolute atomic E-state index is 12.8. The first-order chi connectivity index (χ1) is 11.7. The van der Waals surface area contributed by atoms with Crippen molar-refractivity contribution in [1.82, 2.24) is 10.2 Å². The Morgan fingerprint density at radius 1 is 1.36 bits per heavy atom. The Balaban J connectivity index is 2.23. The zero-order chi connectivity index (χ0) is 18.6. The fourth-order valence-corrected chi connectivity index (χ4v) is 4.48. The molecular formula is C18H29N3O3S. The van der Waals surface area contributed by atoms with Gasteiger partial charge in [-0.05, 0) is 64.0 Å². The summed E-state index contributed by atoms with van der Waals surface area (Å²) in [4.78, 5) is 15.1. The molecule has 1 amide bonds. The van der Waals surface area contributed by atoms with E-state index >= 15 is 0 Å². The van der Waals surface area contributed by atoms with Crippen molar-refractivity contribution in [3.8, 4) is 0 Å². The molecule has 1 aliphatic heterocycles. The zero-order valence-corrected chi connectivity index (χ0v) is 16.3. The van der Waals surface area contributed by atoms with Gasteiger partial charge in [-0.15, -0.1) is 0 Å². The number of rotatable bonds is 6. The number of anilines is 1. The molecule has 0 bridgehead atoms. The predicted octanol–water partition coefficient (Wildman–Crippen LogP) is 1.75. The second kappa shape index (κ2) is 8.19. The van der Waals surface area contributed by atoms with Crippen LogP contribution in [0.2, 0.25) is 0 Å². The SMILES string of the molecule is CC[C@H](C(=O)NC1CCN(C)CC1)N(c1cccc(C)c1)S(C)(=O)=O. The third-order valence-corrected chi connectivity index (χ3v) is 5.83. The average molecular weight is 368 g/mol. The highest BCUT2D eigenvalue weighted by atomic mass is 32.2. The first kappa shape index (κ1) is 19.7. The number of sulfonamides is 1. The summed E-state index contributed by atoms with van der Waals surface area (Å²) in [5.74, 6) is -0.219. The molecule has 2 rings (SSSR count). The van der Waals surface area contributed by atoms with Crippen LogP contribution in [0.4, 0.5) is 5.69 Å². The molecule has 25 heavy (non-hydrogen) atoms. The van der Waals surface area contributed by atoms with Crippen molar-refractivity contribution in [2.45, 2.75) is 45.2 Å². The topological polar surface area (TPSA) is 69.7 Å². The lowest BCUT2D eigenvalue weighted by molar-refractivity contribution is -0.123. The van der Waals surface area contributed by atoms with E-state index in [9.17, 15) is 13.2 Å². The molecule has 0 radical (unpaired) electrons. The maximum Gasteiger partial charge on any atom is 0.244 e. The molecule has 0 aliphatic carbocycles. The molecule has 6 nitrogen and oxygen atoms in total. The minimum atomic E-state index is -3.58. The Kier molecular flexibility index (Phi) is 6.46. The van der Waals surface area contributed by atoms with E-state index in [2.05, 4.69) is 17.3 Å². The summed E-state index contributed by atoms with van der Waals surface area (Å²) in [5.41, 5.74) is 1.49. The molecule has 140 valence electrons. The highest BCUT2D eigenvalue weighted by molar-refractivity contribution is 7.92. The van der Waals surface area contributed by atoms with Gasteiger partial charge in [0.2, 0.25) is 15.9 Å². The van der Waals surface area contributed by atoms with Gasteiger partial charge in [0.25, 0.3) is 0 Å². The van der Waals surface area contributed by atoms with Gasteiger partial charge in [-0.3, -0.25) is 9.10 Å². The predicted molar refractivity (Wildman–Crippen MR) is 101 cm³/mol. The van der Waals surface area contributed by atoms with Gasteiger partial charge >= 0.3 is 0 Å². The van der Waals surface area contributed by atoms with Crippen molar-refractivity contribution in [3.05, 3.63) is 29.8 Å². The summed E-state index contributed by atoms with van der Waals surface area (Å²) < 4.78 is 26.1. The van der Waals surface area contributed by atoms with E-state index in [0.29, 0.717) is 12.1 Å². The smallest absolute Gasteiger partial charge is 0.244 e. The molecular weight excluding hydrogens is 338 g/mol.